The Kier molecular flexibility index (Phi) is 2.91. The predicted octanol–water partition coefficient (Wildman–Crippen LogP) is 3.49. The number of aromatic nitrogens is 1. The number of methoxy groups -OCH3 is 1. The summed E-state index contributed by atoms with van der Waals surface area (Å²) in [5.41, 5.74) is 0.781. The molecule has 0 aliphatic heterocycles. The predicted molar refractivity (Wildman–Crippen MR) is 78.2 cm³/mol. The largest absolute Gasteiger partial charge is 0.495 e. The van der Waals surface area contributed by atoms with Crippen LogP contribution in [-0.2, 0) is 7.05 Å². The van der Waals surface area contributed by atoms with Crippen LogP contribution in [-0.4, -0.2) is 11.7 Å². The van der Waals surface area contributed by atoms with Gasteiger partial charge in [-0.25, -0.2) is 4.39 Å². The standard InChI is InChI=1S/C15H11ClFNO2/c1-18-11-5-3-4-10(17)14(11)8-6-13(20-2)9(16)7-12(19)15(8)18/h3-7H,1-2H3. The average molecular weight is 292 g/mol. The van der Waals surface area contributed by atoms with Crippen LogP contribution in [0.15, 0.2) is 35.1 Å². The first-order valence-electron chi connectivity index (χ1n) is 5.99. The minimum absolute atomic E-state index is 0.207. The molecule has 3 nitrogen and oxygen atoms in total. The maximum atomic E-state index is 14.1. The minimum Gasteiger partial charge on any atom is -0.495 e. The van der Waals surface area contributed by atoms with Crippen LogP contribution in [0.25, 0.3) is 21.8 Å². The van der Waals surface area contributed by atoms with Gasteiger partial charge in [0.2, 0.25) is 5.43 Å². The smallest absolute Gasteiger partial charge is 0.204 e. The van der Waals surface area contributed by atoms with E-state index in [1.807, 2.05) is 0 Å². The molecule has 3 aromatic rings. The van der Waals surface area contributed by atoms with E-state index in [1.165, 1.54) is 19.2 Å². The van der Waals surface area contributed by atoms with Crippen molar-refractivity contribution in [1.82, 2.24) is 4.57 Å². The molecule has 5 heteroatoms. The van der Waals surface area contributed by atoms with Gasteiger partial charge in [-0.3, -0.25) is 4.79 Å². The molecule has 1 aromatic heterocycles. The van der Waals surface area contributed by atoms with Crippen LogP contribution in [0.3, 0.4) is 0 Å². The van der Waals surface area contributed by atoms with Crippen LogP contribution < -0.4 is 10.2 Å². The fraction of sp³-hybridized carbons (Fsp3) is 0.133. The molecule has 102 valence electrons. The first-order valence-corrected chi connectivity index (χ1v) is 6.37. The van der Waals surface area contributed by atoms with Crippen molar-refractivity contribution in [1.29, 1.82) is 0 Å². The zero-order valence-electron chi connectivity index (χ0n) is 10.9. The lowest BCUT2D eigenvalue weighted by Gasteiger charge is -1.98. The van der Waals surface area contributed by atoms with Crippen molar-refractivity contribution in [2.75, 3.05) is 7.11 Å². The number of aryl methyl sites for hydroxylation is 1. The van der Waals surface area contributed by atoms with Crippen LogP contribution >= 0.6 is 11.6 Å². The number of rotatable bonds is 1. The van der Waals surface area contributed by atoms with Crippen molar-refractivity contribution in [3.8, 4) is 5.75 Å². The van der Waals surface area contributed by atoms with Gasteiger partial charge in [0.1, 0.15) is 11.6 Å². The number of benzene rings is 1. The molecule has 0 radical (unpaired) electrons. The third-order valence-corrected chi connectivity index (χ3v) is 3.73. The van der Waals surface area contributed by atoms with Crippen molar-refractivity contribution >= 4 is 33.4 Å². The fourth-order valence-electron chi connectivity index (χ4n) is 2.53. The van der Waals surface area contributed by atoms with E-state index < -0.39 is 0 Å². The number of fused-ring (bicyclic) bond motifs is 3. The van der Waals surface area contributed by atoms with Crippen molar-refractivity contribution in [2.24, 2.45) is 7.05 Å². The fourth-order valence-corrected chi connectivity index (χ4v) is 2.76. The van der Waals surface area contributed by atoms with Crippen molar-refractivity contribution < 1.29 is 9.13 Å². The number of ether oxygens (including phenoxy) is 1. The molecule has 0 aliphatic carbocycles. The summed E-state index contributed by atoms with van der Waals surface area (Å²) in [6.45, 7) is 0. The summed E-state index contributed by atoms with van der Waals surface area (Å²) in [6.07, 6.45) is 0. The van der Waals surface area contributed by atoms with Gasteiger partial charge in [0, 0.05) is 23.9 Å². The molecule has 0 amide bonds. The highest BCUT2D eigenvalue weighted by molar-refractivity contribution is 6.32. The summed E-state index contributed by atoms with van der Waals surface area (Å²) in [5, 5.41) is 1.10. The SMILES string of the molecule is COc1cc2c3c(F)cccc3n(C)c2c(=O)cc1Cl. The Morgan fingerprint density at radius 2 is 2.05 bits per heavy atom. The maximum absolute atomic E-state index is 14.1. The van der Waals surface area contributed by atoms with Crippen molar-refractivity contribution in [2.45, 2.75) is 0 Å². The van der Waals surface area contributed by atoms with Crippen molar-refractivity contribution in [3.63, 3.8) is 0 Å². The van der Waals surface area contributed by atoms with Gasteiger partial charge in [0.05, 0.1) is 23.2 Å². The van der Waals surface area contributed by atoms with E-state index in [-0.39, 0.29) is 16.3 Å². The van der Waals surface area contributed by atoms with Crippen LogP contribution in [0.2, 0.25) is 5.02 Å². The highest BCUT2D eigenvalue weighted by atomic mass is 35.5. The Balaban J connectivity index is 2.71. The maximum Gasteiger partial charge on any atom is 0.204 e. The van der Waals surface area contributed by atoms with Gasteiger partial charge in [0.15, 0.2) is 0 Å². The highest BCUT2D eigenvalue weighted by Gasteiger charge is 2.15. The average Bonchev–Trinajstić information content (AvgIpc) is 2.62. The van der Waals surface area contributed by atoms with Crippen LogP contribution in [0.4, 0.5) is 4.39 Å². The van der Waals surface area contributed by atoms with Crippen molar-refractivity contribution in [3.05, 3.63) is 51.4 Å². The third kappa shape index (κ3) is 1.68. The van der Waals surface area contributed by atoms with Crippen LogP contribution in [0.5, 0.6) is 5.75 Å². The van der Waals surface area contributed by atoms with E-state index in [0.717, 1.165) is 0 Å². The Morgan fingerprint density at radius 3 is 2.75 bits per heavy atom. The lowest BCUT2D eigenvalue weighted by atomic mass is 10.2. The summed E-state index contributed by atoms with van der Waals surface area (Å²) < 4.78 is 21.0. The van der Waals surface area contributed by atoms with E-state index in [0.29, 0.717) is 27.6 Å². The summed E-state index contributed by atoms with van der Waals surface area (Å²) in [5.74, 6) is -0.0357. The molecule has 0 fully saturated rings. The lowest BCUT2D eigenvalue weighted by Crippen LogP contribution is -2.01. The van der Waals surface area contributed by atoms with Gasteiger partial charge in [-0.15, -0.1) is 0 Å². The monoisotopic (exact) mass is 291 g/mol. The highest BCUT2D eigenvalue weighted by Crippen LogP contribution is 2.32. The minimum atomic E-state index is -0.378. The number of halogens is 2. The topological polar surface area (TPSA) is 31.2 Å². The molecule has 0 atom stereocenters. The molecule has 2 aromatic carbocycles. The molecule has 20 heavy (non-hydrogen) atoms. The van der Waals surface area contributed by atoms with E-state index in [2.05, 4.69) is 0 Å². The van der Waals surface area contributed by atoms with Crippen LogP contribution in [0, 0.1) is 5.82 Å². The molecule has 1 heterocycles. The normalized spacial score (nSPS) is 11.2. The molecule has 0 spiro atoms. The molecule has 0 saturated carbocycles. The molecular weight excluding hydrogens is 281 g/mol. The lowest BCUT2D eigenvalue weighted by molar-refractivity contribution is 0.416. The summed E-state index contributed by atoms with van der Waals surface area (Å²) in [6, 6.07) is 7.65. The second-order valence-electron chi connectivity index (χ2n) is 4.52. The van der Waals surface area contributed by atoms with Gasteiger partial charge in [-0.2, -0.15) is 0 Å². The van der Waals surface area contributed by atoms with E-state index in [9.17, 15) is 9.18 Å². The van der Waals surface area contributed by atoms with Gasteiger partial charge in [0.25, 0.3) is 0 Å². The molecule has 0 N–H and O–H groups in total. The molecule has 0 bridgehead atoms. The number of hydrogen-bond acceptors (Lipinski definition) is 2. The number of hydrogen-bond donors (Lipinski definition) is 0. The Bertz CT molecular complexity index is 902. The Labute approximate surface area is 119 Å². The summed E-state index contributed by atoms with van der Waals surface area (Å²) >= 11 is 6.02. The summed E-state index contributed by atoms with van der Waals surface area (Å²) in [7, 11) is 3.19. The third-order valence-electron chi connectivity index (χ3n) is 3.43. The first kappa shape index (κ1) is 12.9. The van der Waals surface area contributed by atoms with E-state index >= 15 is 0 Å². The molecular formula is C15H11ClFNO2. The molecule has 0 unspecified atom stereocenters. The second kappa shape index (κ2) is 4.49. The van der Waals surface area contributed by atoms with Gasteiger partial charge in [-0.05, 0) is 18.2 Å². The summed E-state index contributed by atoms with van der Waals surface area (Å²) in [4.78, 5) is 12.3. The molecule has 0 aliphatic rings. The van der Waals surface area contributed by atoms with Crippen LogP contribution in [0.1, 0.15) is 0 Å². The zero-order valence-corrected chi connectivity index (χ0v) is 11.7. The van der Waals surface area contributed by atoms with Gasteiger partial charge < -0.3 is 9.30 Å². The Hall–Kier alpha value is -2.07. The van der Waals surface area contributed by atoms with Gasteiger partial charge in [-0.1, -0.05) is 17.7 Å². The Morgan fingerprint density at radius 1 is 1.30 bits per heavy atom. The first-order chi connectivity index (χ1) is 9.54. The number of nitrogens with zero attached hydrogens (tertiary/aromatic N) is 1. The second-order valence-corrected chi connectivity index (χ2v) is 4.93. The zero-order chi connectivity index (χ0) is 14.4. The quantitative estimate of drug-likeness (QED) is 0.687. The van der Waals surface area contributed by atoms with E-state index in [4.69, 9.17) is 16.3 Å². The van der Waals surface area contributed by atoms with Gasteiger partial charge >= 0.3 is 0 Å². The molecule has 3 rings (SSSR count). The molecule has 0 saturated heterocycles. The van der Waals surface area contributed by atoms with E-state index in [1.54, 1.807) is 29.8 Å².